The fourth-order valence-corrected chi connectivity index (χ4v) is 0.998. The SMILES string of the molecule is CCC1C=CC1C. The highest BCUT2D eigenvalue weighted by Crippen LogP contribution is 2.26. The van der Waals surface area contributed by atoms with Gasteiger partial charge in [-0.3, -0.25) is 0 Å². The summed E-state index contributed by atoms with van der Waals surface area (Å²) < 4.78 is 0. The summed E-state index contributed by atoms with van der Waals surface area (Å²) in [6.07, 6.45) is 5.89. The highest BCUT2D eigenvalue weighted by Gasteiger charge is 2.15. The van der Waals surface area contributed by atoms with Gasteiger partial charge in [-0.2, -0.15) is 0 Å². The molecule has 0 aromatic rings. The summed E-state index contributed by atoms with van der Waals surface area (Å²) in [5.41, 5.74) is 0. The largest absolute Gasteiger partial charge is 0.0848 e. The van der Waals surface area contributed by atoms with Crippen molar-refractivity contribution in [3.63, 3.8) is 0 Å². The number of hydrogen-bond acceptors (Lipinski definition) is 0. The molecule has 7 heavy (non-hydrogen) atoms. The molecule has 0 nitrogen and oxygen atoms in total. The highest BCUT2D eigenvalue weighted by atomic mass is 14.2. The second kappa shape index (κ2) is 1.69. The van der Waals surface area contributed by atoms with Crippen LogP contribution in [0.15, 0.2) is 12.2 Å². The van der Waals surface area contributed by atoms with Gasteiger partial charge in [0.05, 0.1) is 0 Å². The molecule has 0 saturated heterocycles. The fraction of sp³-hybridized carbons (Fsp3) is 0.714. The van der Waals surface area contributed by atoms with Crippen LogP contribution in [0.1, 0.15) is 20.3 Å². The lowest BCUT2D eigenvalue weighted by Crippen LogP contribution is -2.13. The van der Waals surface area contributed by atoms with Gasteiger partial charge in [0.2, 0.25) is 0 Å². The molecule has 0 aromatic carbocycles. The second-order valence-corrected chi connectivity index (χ2v) is 2.32. The first-order valence-electron chi connectivity index (χ1n) is 3.03. The Bertz CT molecular complexity index is 82.0. The molecule has 0 N–H and O–H groups in total. The minimum absolute atomic E-state index is 0.866. The maximum absolute atomic E-state index is 2.30. The van der Waals surface area contributed by atoms with Crippen molar-refractivity contribution < 1.29 is 0 Å². The van der Waals surface area contributed by atoms with Crippen LogP contribution in [-0.2, 0) is 0 Å². The summed E-state index contributed by atoms with van der Waals surface area (Å²) in [6, 6.07) is 0. The number of rotatable bonds is 1. The van der Waals surface area contributed by atoms with E-state index in [1.165, 1.54) is 6.42 Å². The zero-order valence-electron chi connectivity index (χ0n) is 5.02. The van der Waals surface area contributed by atoms with Crippen molar-refractivity contribution in [1.82, 2.24) is 0 Å². The normalized spacial score (nSPS) is 38.0. The summed E-state index contributed by atoms with van der Waals surface area (Å²) >= 11 is 0. The van der Waals surface area contributed by atoms with E-state index in [1.807, 2.05) is 0 Å². The Morgan fingerprint density at radius 1 is 1.43 bits per heavy atom. The van der Waals surface area contributed by atoms with Gasteiger partial charge < -0.3 is 0 Å². The molecule has 0 aliphatic heterocycles. The molecule has 1 rings (SSSR count). The van der Waals surface area contributed by atoms with Crippen LogP contribution >= 0.6 is 0 Å². The summed E-state index contributed by atoms with van der Waals surface area (Å²) in [4.78, 5) is 0. The maximum Gasteiger partial charge on any atom is -0.0176 e. The molecule has 0 heteroatoms. The van der Waals surface area contributed by atoms with Crippen LogP contribution in [0.2, 0.25) is 0 Å². The molecule has 0 heterocycles. The van der Waals surface area contributed by atoms with Crippen molar-refractivity contribution in [2.45, 2.75) is 20.3 Å². The topological polar surface area (TPSA) is 0 Å². The van der Waals surface area contributed by atoms with Crippen molar-refractivity contribution in [2.24, 2.45) is 11.8 Å². The first-order chi connectivity index (χ1) is 3.34. The molecule has 1 aliphatic carbocycles. The fourth-order valence-electron chi connectivity index (χ4n) is 0.998. The molecule has 2 unspecified atom stereocenters. The summed E-state index contributed by atoms with van der Waals surface area (Å²) in [7, 11) is 0. The van der Waals surface area contributed by atoms with Crippen LogP contribution in [0, 0.1) is 11.8 Å². The van der Waals surface area contributed by atoms with Crippen molar-refractivity contribution in [3.8, 4) is 0 Å². The van der Waals surface area contributed by atoms with E-state index in [2.05, 4.69) is 26.0 Å². The van der Waals surface area contributed by atoms with Crippen LogP contribution in [0.25, 0.3) is 0 Å². The second-order valence-electron chi connectivity index (χ2n) is 2.32. The molecule has 40 valence electrons. The average Bonchev–Trinajstić information content (AvgIpc) is 1.65. The Labute approximate surface area is 45.2 Å². The lowest BCUT2D eigenvalue weighted by Gasteiger charge is -2.23. The van der Waals surface area contributed by atoms with Crippen LogP contribution in [0.5, 0.6) is 0 Å². The van der Waals surface area contributed by atoms with E-state index < -0.39 is 0 Å². The van der Waals surface area contributed by atoms with Gasteiger partial charge in [0.25, 0.3) is 0 Å². The third-order valence-electron chi connectivity index (χ3n) is 1.81. The Hall–Kier alpha value is -0.260. The summed E-state index contributed by atoms with van der Waals surface area (Å²) in [6.45, 7) is 4.51. The van der Waals surface area contributed by atoms with Gasteiger partial charge in [0.1, 0.15) is 0 Å². The quantitative estimate of drug-likeness (QED) is 0.439. The Morgan fingerprint density at radius 2 is 2.14 bits per heavy atom. The third kappa shape index (κ3) is 0.696. The number of allylic oxidation sites excluding steroid dienone is 2. The van der Waals surface area contributed by atoms with Crippen LogP contribution in [0.3, 0.4) is 0 Å². The first-order valence-corrected chi connectivity index (χ1v) is 3.03. The van der Waals surface area contributed by atoms with Crippen LogP contribution in [0.4, 0.5) is 0 Å². The zero-order chi connectivity index (χ0) is 5.28. The predicted molar refractivity (Wildman–Crippen MR) is 32.1 cm³/mol. The smallest absolute Gasteiger partial charge is 0.0176 e. The molecular weight excluding hydrogens is 84.1 g/mol. The maximum atomic E-state index is 2.30. The van der Waals surface area contributed by atoms with Crippen molar-refractivity contribution in [1.29, 1.82) is 0 Å². The molecule has 0 fully saturated rings. The van der Waals surface area contributed by atoms with Crippen molar-refractivity contribution in [2.75, 3.05) is 0 Å². The van der Waals surface area contributed by atoms with Crippen molar-refractivity contribution in [3.05, 3.63) is 12.2 Å². The average molecular weight is 96.2 g/mol. The van der Waals surface area contributed by atoms with Crippen LogP contribution in [-0.4, -0.2) is 0 Å². The van der Waals surface area contributed by atoms with Crippen molar-refractivity contribution >= 4 is 0 Å². The van der Waals surface area contributed by atoms with Gasteiger partial charge in [-0.25, -0.2) is 0 Å². The molecular formula is C7H12. The molecule has 0 aromatic heterocycles. The molecule has 0 saturated carbocycles. The Balaban J connectivity index is 2.33. The number of hydrogen-bond donors (Lipinski definition) is 0. The Morgan fingerprint density at radius 3 is 2.14 bits per heavy atom. The molecule has 0 spiro atoms. The molecule has 0 bridgehead atoms. The van der Waals surface area contributed by atoms with Gasteiger partial charge >= 0.3 is 0 Å². The van der Waals surface area contributed by atoms with Gasteiger partial charge in [0, 0.05) is 0 Å². The van der Waals surface area contributed by atoms with Gasteiger partial charge in [-0.1, -0.05) is 26.0 Å². The summed E-state index contributed by atoms with van der Waals surface area (Å²) in [5.74, 6) is 1.77. The molecule has 1 aliphatic rings. The lowest BCUT2D eigenvalue weighted by molar-refractivity contribution is 0.447. The van der Waals surface area contributed by atoms with Gasteiger partial charge in [-0.15, -0.1) is 0 Å². The minimum atomic E-state index is 0.866. The first kappa shape index (κ1) is 4.89. The van der Waals surface area contributed by atoms with E-state index in [0.717, 1.165) is 11.8 Å². The highest BCUT2D eigenvalue weighted by molar-refractivity contribution is 5.06. The standard InChI is InChI=1S/C7H12/c1-3-7-5-4-6(7)2/h4-7H,3H2,1-2H3. The molecule has 2 atom stereocenters. The van der Waals surface area contributed by atoms with E-state index in [-0.39, 0.29) is 0 Å². The molecule has 0 radical (unpaired) electrons. The monoisotopic (exact) mass is 96.1 g/mol. The van der Waals surface area contributed by atoms with E-state index >= 15 is 0 Å². The minimum Gasteiger partial charge on any atom is -0.0848 e. The third-order valence-corrected chi connectivity index (χ3v) is 1.81. The van der Waals surface area contributed by atoms with Gasteiger partial charge in [0.15, 0.2) is 0 Å². The zero-order valence-corrected chi connectivity index (χ0v) is 5.02. The van der Waals surface area contributed by atoms with Crippen LogP contribution < -0.4 is 0 Å². The van der Waals surface area contributed by atoms with E-state index in [1.54, 1.807) is 0 Å². The Kier molecular flexibility index (Phi) is 1.18. The van der Waals surface area contributed by atoms with E-state index in [4.69, 9.17) is 0 Å². The molecule has 0 amide bonds. The van der Waals surface area contributed by atoms with E-state index in [0.29, 0.717) is 0 Å². The summed E-state index contributed by atoms with van der Waals surface area (Å²) in [5, 5.41) is 0. The van der Waals surface area contributed by atoms with Gasteiger partial charge in [-0.05, 0) is 18.3 Å². The lowest BCUT2D eigenvalue weighted by atomic mass is 9.82. The predicted octanol–water partition coefficient (Wildman–Crippen LogP) is 2.22. The van der Waals surface area contributed by atoms with E-state index in [9.17, 15) is 0 Å².